The lowest BCUT2D eigenvalue weighted by atomic mass is 9.97. The molecule has 0 saturated heterocycles. The van der Waals surface area contributed by atoms with Gasteiger partial charge in [0.2, 0.25) is 0 Å². The summed E-state index contributed by atoms with van der Waals surface area (Å²) in [7, 11) is 1.69. The molecular weight excluding hydrogens is 248 g/mol. The maximum absolute atomic E-state index is 11.2. The monoisotopic (exact) mass is 268 g/mol. The third-order valence-corrected chi connectivity index (χ3v) is 3.66. The Balaban J connectivity index is 2.48. The first-order valence-corrected chi connectivity index (χ1v) is 6.98. The van der Waals surface area contributed by atoms with Gasteiger partial charge in [-0.15, -0.1) is 0 Å². The van der Waals surface area contributed by atoms with E-state index in [1.54, 1.807) is 7.11 Å². The summed E-state index contributed by atoms with van der Waals surface area (Å²) in [6.45, 7) is 4.17. The molecule has 0 aliphatic rings. The highest BCUT2D eigenvalue weighted by atomic mass is 16.5. The Labute approximate surface area is 120 Å². The zero-order valence-electron chi connectivity index (χ0n) is 12.3. The van der Waals surface area contributed by atoms with Crippen molar-refractivity contribution in [2.75, 3.05) is 7.11 Å². The molecule has 2 rings (SSSR count). The number of hydrogen-bond donors (Lipinski definition) is 0. The van der Waals surface area contributed by atoms with Crippen molar-refractivity contribution in [2.24, 2.45) is 0 Å². The van der Waals surface area contributed by atoms with Crippen LogP contribution >= 0.6 is 0 Å². The lowest BCUT2D eigenvalue weighted by Crippen LogP contribution is -1.93. The maximum atomic E-state index is 11.2. The van der Waals surface area contributed by atoms with Gasteiger partial charge in [-0.1, -0.05) is 38.1 Å². The predicted octanol–water partition coefficient (Wildman–Crippen LogP) is 4.30. The summed E-state index contributed by atoms with van der Waals surface area (Å²) in [5, 5.41) is 0. The van der Waals surface area contributed by atoms with Crippen molar-refractivity contribution in [3.05, 3.63) is 53.1 Å². The molecular formula is C18H20O2. The first kappa shape index (κ1) is 14.3. The molecule has 0 aliphatic heterocycles. The summed E-state index contributed by atoms with van der Waals surface area (Å²) in [6, 6.07) is 12.2. The first-order valence-electron chi connectivity index (χ1n) is 6.98. The molecule has 0 N–H and O–H groups in total. The average Bonchev–Trinajstić information content (AvgIpc) is 2.53. The van der Waals surface area contributed by atoms with Crippen LogP contribution in [0.15, 0.2) is 36.4 Å². The fourth-order valence-electron chi connectivity index (χ4n) is 2.42. The van der Waals surface area contributed by atoms with Gasteiger partial charge in [0.25, 0.3) is 0 Å². The molecule has 20 heavy (non-hydrogen) atoms. The molecule has 2 nitrogen and oxygen atoms in total. The fourth-order valence-corrected chi connectivity index (χ4v) is 2.42. The standard InChI is InChI=1S/C18H20O2/c1-4-13-6-8-15(10-17(13)12-19)16-9-7-14(5-2)18(11-16)20-3/h6-12H,4-5H2,1-3H3. The zero-order valence-corrected chi connectivity index (χ0v) is 12.3. The predicted molar refractivity (Wildman–Crippen MR) is 82.6 cm³/mol. The molecule has 2 aromatic rings. The average molecular weight is 268 g/mol. The van der Waals surface area contributed by atoms with Crippen molar-refractivity contribution in [2.45, 2.75) is 26.7 Å². The quantitative estimate of drug-likeness (QED) is 0.756. The summed E-state index contributed by atoms with van der Waals surface area (Å²) >= 11 is 0. The molecule has 2 heteroatoms. The van der Waals surface area contributed by atoms with Crippen molar-refractivity contribution >= 4 is 6.29 Å². The number of hydrogen-bond acceptors (Lipinski definition) is 2. The van der Waals surface area contributed by atoms with Gasteiger partial charge in [-0.25, -0.2) is 0 Å². The van der Waals surface area contributed by atoms with Crippen molar-refractivity contribution < 1.29 is 9.53 Å². The van der Waals surface area contributed by atoms with Gasteiger partial charge < -0.3 is 4.74 Å². The van der Waals surface area contributed by atoms with E-state index in [4.69, 9.17) is 4.74 Å². The van der Waals surface area contributed by atoms with Gasteiger partial charge >= 0.3 is 0 Å². The lowest BCUT2D eigenvalue weighted by molar-refractivity contribution is 0.112. The molecule has 0 amide bonds. The number of rotatable bonds is 5. The van der Waals surface area contributed by atoms with Gasteiger partial charge in [0.1, 0.15) is 12.0 Å². The molecule has 0 aromatic heterocycles. The normalized spacial score (nSPS) is 10.3. The van der Waals surface area contributed by atoms with Crippen LogP contribution in [0.3, 0.4) is 0 Å². The van der Waals surface area contributed by atoms with E-state index in [2.05, 4.69) is 32.0 Å². The Morgan fingerprint density at radius 1 is 0.950 bits per heavy atom. The van der Waals surface area contributed by atoms with E-state index < -0.39 is 0 Å². The Morgan fingerprint density at radius 3 is 2.10 bits per heavy atom. The first-order chi connectivity index (χ1) is 9.73. The number of carbonyl (C=O) groups excluding carboxylic acids is 1. The SMILES string of the molecule is CCc1ccc(-c2ccc(CC)c(OC)c2)cc1C=O. The third kappa shape index (κ3) is 2.74. The summed E-state index contributed by atoms with van der Waals surface area (Å²) < 4.78 is 5.43. The van der Waals surface area contributed by atoms with Gasteiger partial charge in [-0.05, 0) is 47.2 Å². The van der Waals surface area contributed by atoms with Crippen LogP contribution in [0.5, 0.6) is 5.75 Å². The Kier molecular flexibility index (Phi) is 4.57. The topological polar surface area (TPSA) is 26.3 Å². The van der Waals surface area contributed by atoms with E-state index in [1.807, 2.05) is 18.2 Å². The molecule has 0 heterocycles. The number of benzene rings is 2. The van der Waals surface area contributed by atoms with Crippen LogP contribution < -0.4 is 4.74 Å². The largest absolute Gasteiger partial charge is 0.496 e. The van der Waals surface area contributed by atoms with Gasteiger partial charge in [0.15, 0.2) is 0 Å². The molecule has 0 atom stereocenters. The maximum Gasteiger partial charge on any atom is 0.150 e. The van der Waals surface area contributed by atoms with Gasteiger partial charge in [0, 0.05) is 5.56 Å². The third-order valence-electron chi connectivity index (χ3n) is 3.66. The van der Waals surface area contributed by atoms with Crippen molar-refractivity contribution in [1.29, 1.82) is 0 Å². The fraction of sp³-hybridized carbons (Fsp3) is 0.278. The highest BCUT2D eigenvalue weighted by Gasteiger charge is 2.07. The number of aryl methyl sites for hydroxylation is 2. The van der Waals surface area contributed by atoms with Crippen molar-refractivity contribution in [3.8, 4) is 16.9 Å². The van der Waals surface area contributed by atoms with E-state index in [9.17, 15) is 4.79 Å². The summed E-state index contributed by atoms with van der Waals surface area (Å²) in [4.78, 5) is 11.2. The van der Waals surface area contributed by atoms with Crippen LogP contribution in [-0.2, 0) is 12.8 Å². The summed E-state index contributed by atoms with van der Waals surface area (Å²) in [5.41, 5.74) is 5.16. The highest BCUT2D eigenvalue weighted by Crippen LogP contribution is 2.28. The second-order valence-corrected chi connectivity index (χ2v) is 4.77. The molecule has 0 spiro atoms. The van der Waals surface area contributed by atoms with Crippen LogP contribution in [0, 0.1) is 0 Å². The van der Waals surface area contributed by atoms with E-state index in [1.165, 1.54) is 5.56 Å². The smallest absolute Gasteiger partial charge is 0.150 e. The van der Waals surface area contributed by atoms with Crippen molar-refractivity contribution in [1.82, 2.24) is 0 Å². The van der Waals surface area contributed by atoms with E-state index in [-0.39, 0.29) is 0 Å². The number of methoxy groups -OCH3 is 1. The highest BCUT2D eigenvalue weighted by molar-refractivity contribution is 5.81. The molecule has 0 unspecified atom stereocenters. The molecule has 0 fully saturated rings. The minimum absolute atomic E-state index is 0.767. The number of aldehydes is 1. The van der Waals surface area contributed by atoms with Crippen LogP contribution in [0.4, 0.5) is 0 Å². The van der Waals surface area contributed by atoms with Gasteiger partial charge in [-0.3, -0.25) is 4.79 Å². The summed E-state index contributed by atoms with van der Waals surface area (Å²) in [6.07, 6.45) is 2.74. The van der Waals surface area contributed by atoms with E-state index in [0.717, 1.165) is 47.1 Å². The van der Waals surface area contributed by atoms with Gasteiger partial charge in [0.05, 0.1) is 7.11 Å². The lowest BCUT2D eigenvalue weighted by Gasteiger charge is -2.11. The molecule has 2 aromatic carbocycles. The molecule has 0 aliphatic carbocycles. The second kappa shape index (κ2) is 6.38. The van der Waals surface area contributed by atoms with Crippen LogP contribution in [0.2, 0.25) is 0 Å². The molecule has 104 valence electrons. The number of ether oxygens (including phenoxy) is 1. The Morgan fingerprint density at radius 2 is 1.55 bits per heavy atom. The minimum atomic E-state index is 0.767. The van der Waals surface area contributed by atoms with Gasteiger partial charge in [-0.2, -0.15) is 0 Å². The summed E-state index contributed by atoms with van der Waals surface area (Å²) in [5.74, 6) is 0.900. The molecule has 0 bridgehead atoms. The van der Waals surface area contributed by atoms with Crippen LogP contribution in [-0.4, -0.2) is 13.4 Å². The Hall–Kier alpha value is -2.09. The van der Waals surface area contributed by atoms with Crippen molar-refractivity contribution in [3.63, 3.8) is 0 Å². The second-order valence-electron chi connectivity index (χ2n) is 4.77. The molecule has 0 radical (unpaired) electrons. The Bertz CT molecular complexity index is 615. The number of carbonyl (C=O) groups is 1. The van der Waals surface area contributed by atoms with Crippen LogP contribution in [0.1, 0.15) is 35.3 Å². The van der Waals surface area contributed by atoms with E-state index >= 15 is 0 Å². The zero-order chi connectivity index (χ0) is 14.5. The van der Waals surface area contributed by atoms with Crippen LogP contribution in [0.25, 0.3) is 11.1 Å². The van der Waals surface area contributed by atoms with E-state index in [0.29, 0.717) is 0 Å². The minimum Gasteiger partial charge on any atom is -0.496 e. The molecule has 0 saturated carbocycles.